The van der Waals surface area contributed by atoms with Crippen molar-refractivity contribution in [3.05, 3.63) is 94.3 Å². The van der Waals surface area contributed by atoms with Crippen molar-refractivity contribution in [1.82, 2.24) is 39.7 Å². The summed E-state index contributed by atoms with van der Waals surface area (Å²) in [7, 11) is 1.75. The molecule has 2 aliphatic rings. The van der Waals surface area contributed by atoms with E-state index in [4.69, 9.17) is 25.7 Å². The van der Waals surface area contributed by atoms with Crippen molar-refractivity contribution in [1.29, 1.82) is 0 Å². The molecule has 0 amide bonds. The first-order valence-electron chi connectivity index (χ1n) is 20.3. The number of hydrogen-bond acceptors (Lipinski definition) is 13. The van der Waals surface area contributed by atoms with E-state index in [0.717, 1.165) is 82.5 Å². The smallest absolute Gasteiger partial charge is 0.319 e. The lowest BCUT2D eigenvalue weighted by molar-refractivity contribution is -0.0334. The van der Waals surface area contributed by atoms with Crippen molar-refractivity contribution in [3.63, 3.8) is 0 Å². The summed E-state index contributed by atoms with van der Waals surface area (Å²) in [4.78, 5) is 28.8. The van der Waals surface area contributed by atoms with Gasteiger partial charge < -0.3 is 45.9 Å². The highest BCUT2D eigenvalue weighted by atomic mass is 16.5. The minimum Gasteiger partial charge on any atom is -0.463 e. The largest absolute Gasteiger partial charge is 0.463 e. The quantitative estimate of drug-likeness (QED) is 0.0581. The minimum atomic E-state index is -0.876. The molecule has 0 saturated carbocycles. The number of ether oxygens (including phenoxy) is 3. The van der Waals surface area contributed by atoms with E-state index in [0.29, 0.717) is 64.2 Å². The lowest BCUT2D eigenvalue weighted by Crippen LogP contribution is -2.50. The number of benzene rings is 2. The molecule has 2 fully saturated rings. The molecule has 0 aliphatic carbocycles. The average Bonchev–Trinajstić information content (AvgIpc) is 3.83. The predicted molar refractivity (Wildman–Crippen MR) is 222 cm³/mol. The van der Waals surface area contributed by atoms with E-state index in [1.807, 2.05) is 24.3 Å². The fraction of sp³-hybridized carbons (Fsp3) is 0.442. The Morgan fingerprint density at radius 2 is 1.17 bits per heavy atom. The van der Waals surface area contributed by atoms with Crippen molar-refractivity contribution in [3.8, 4) is 12.0 Å². The van der Waals surface area contributed by atoms with E-state index in [-0.39, 0.29) is 17.8 Å². The summed E-state index contributed by atoms with van der Waals surface area (Å²) in [6.45, 7) is 8.79. The molecule has 15 heteroatoms. The molecule has 8 rings (SSSR count). The second-order valence-electron chi connectivity index (χ2n) is 15.7. The number of rotatable bonds is 19. The number of hydrogen-bond donors (Lipinski definition) is 6. The molecular formula is C43H54N10O5. The number of nitrogens with two attached hydrogens (primary N) is 2. The zero-order valence-electron chi connectivity index (χ0n) is 33.2. The topological polar surface area (TPSA) is 210 Å². The van der Waals surface area contributed by atoms with Gasteiger partial charge in [0.15, 0.2) is 11.6 Å². The molecule has 0 radical (unpaired) electrons. The monoisotopic (exact) mass is 790 g/mol. The third kappa shape index (κ3) is 8.73. The van der Waals surface area contributed by atoms with E-state index in [1.54, 1.807) is 19.5 Å². The number of aromatic nitrogens is 6. The summed E-state index contributed by atoms with van der Waals surface area (Å²) >= 11 is 0. The number of methoxy groups -OCH3 is 1. The van der Waals surface area contributed by atoms with E-state index >= 15 is 0 Å². The zero-order chi connectivity index (χ0) is 40.2. The summed E-state index contributed by atoms with van der Waals surface area (Å²) in [6, 6.07) is 16.6. The standard InChI is InChI=1S/C43H54N10O5/c1-3-4-16-57-42-48-34-32(18-46-36(34)40(44)50-42)38(54)29-12-8-26(9-13-29)20-52-22-28(23-52)7-5-6-17-58-43-49-35-33(19-47-37(35)41(45)51-43)39(55)30-14-10-27(11-15-30)21-53-24-31(25-53)56-2/h8-15,18-19,28,31,38-39,46-47,54-55H,3-7,16-17,20-25H2,1-2H3,(H2,44,48,50)(H2,45,49,51). The maximum atomic E-state index is 11.3. The van der Waals surface area contributed by atoms with Crippen molar-refractivity contribution >= 4 is 33.7 Å². The molecule has 0 bridgehead atoms. The number of nitrogen functional groups attached to an aromatic ring is 2. The number of likely N-dealkylation sites (tertiary alicyclic amines) is 2. The molecule has 8 N–H and O–H groups in total. The van der Waals surface area contributed by atoms with Crippen molar-refractivity contribution in [2.75, 3.05) is 58.0 Å². The molecular weight excluding hydrogens is 737 g/mol. The van der Waals surface area contributed by atoms with E-state index in [2.05, 4.69) is 70.9 Å². The Hall–Kier alpha value is -5.32. The fourth-order valence-electron chi connectivity index (χ4n) is 7.88. The normalized spacial score (nSPS) is 16.4. The van der Waals surface area contributed by atoms with Crippen LogP contribution in [0.5, 0.6) is 12.0 Å². The van der Waals surface area contributed by atoms with Gasteiger partial charge in [-0.2, -0.15) is 19.9 Å². The van der Waals surface area contributed by atoms with Crippen molar-refractivity contribution in [2.45, 2.75) is 70.4 Å². The van der Waals surface area contributed by atoms with Crippen LogP contribution in [0, 0.1) is 5.92 Å². The van der Waals surface area contributed by atoms with Crippen LogP contribution in [-0.4, -0.2) is 103 Å². The lowest BCUT2D eigenvalue weighted by Gasteiger charge is -2.39. The maximum absolute atomic E-state index is 11.3. The van der Waals surface area contributed by atoms with E-state index < -0.39 is 12.2 Å². The summed E-state index contributed by atoms with van der Waals surface area (Å²) < 4.78 is 17.0. The molecule has 0 spiro atoms. The molecule has 2 aliphatic heterocycles. The van der Waals surface area contributed by atoms with Gasteiger partial charge in [0, 0.05) is 69.9 Å². The van der Waals surface area contributed by atoms with Crippen LogP contribution in [-0.2, 0) is 17.8 Å². The van der Waals surface area contributed by atoms with Gasteiger partial charge in [-0.05, 0) is 53.9 Å². The third-order valence-electron chi connectivity index (χ3n) is 11.4. The highest BCUT2D eigenvalue weighted by Crippen LogP contribution is 2.33. The van der Waals surface area contributed by atoms with Gasteiger partial charge in [0.2, 0.25) is 0 Å². The van der Waals surface area contributed by atoms with E-state index in [1.165, 1.54) is 11.1 Å². The van der Waals surface area contributed by atoms with Crippen LogP contribution < -0.4 is 20.9 Å². The van der Waals surface area contributed by atoms with Gasteiger partial charge in [-0.3, -0.25) is 9.80 Å². The number of aromatic amines is 2. The van der Waals surface area contributed by atoms with Crippen LogP contribution >= 0.6 is 0 Å². The summed E-state index contributed by atoms with van der Waals surface area (Å²) in [6.07, 6.45) is 6.98. The molecule has 2 aromatic carbocycles. The first kappa shape index (κ1) is 39.5. The molecule has 58 heavy (non-hydrogen) atoms. The van der Waals surface area contributed by atoms with Gasteiger partial charge in [0.25, 0.3) is 0 Å². The Labute approximate surface area is 337 Å². The Morgan fingerprint density at radius 3 is 1.66 bits per heavy atom. The van der Waals surface area contributed by atoms with Gasteiger partial charge in [0.05, 0.1) is 19.3 Å². The Kier molecular flexibility index (Phi) is 12.0. The first-order chi connectivity index (χ1) is 28.3. The molecule has 306 valence electrons. The Bertz CT molecular complexity index is 2280. The number of aliphatic hydroxyl groups excluding tert-OH is 2. The molecule has 4 aromatic heterocycles. The van der Waals surface area contributed by atoms with Gasteiger partial charge in [-0.1, -0.05) is 61.9 Å². The number of nitrogens with one attached hydrogen (secondary N) is 2. The highest BCUT2D eigenvalue weighted by molar-refractivity contribution is 5.89. The molecule has 2 unspecified atom stereocenters. The second kappa shape index (κ2) is 17.7. The van der Waals surface area contributed by atoms with Crippen LogP contribution in [0.2, 0.25) is 0 Å². The van der Waals surface area contributed by atoms with Crippen LogP contribution in [0.4, 0.5) is 11.6 Å². The maximum Gasteiger partial charge on any atom is 0.319 e. The van der Waals surface area contributed by atoms with Gasteiger partial charge in [-0.15, -0.1) is 0 Å². The number of H-pyrrole nitrogens is 2. The van der Waals surface area contributed by atoms with Crippen LogP contribution in [0.3, 0.4) is 0 Å². The number of nitrogens with zero attached hydrogens (tertiary/aromatic N) is 6. The van der Waals surface area contributed by atoms with Crippen LogP contribution in [0.25, 0.3) is 22.1 Å². The molecule has 2 atom stereocenters. The number of fused-ring (bicyclic) bond motifs is 2. The Morgan fingerprint density at radius 1 is 0.690 bits per heavy atom. The van der Waals surface area contributed by atoms with Crippen LogP contribution in [0.1, 0.15) is 84.6 Å². The van der Waals surface area contributed by atoms with Crippen molar-refractivity contribution < 1.29 is 24.4 Å². The molecule has 2 saturated heterocycles. The molecule has 6 heterocycles. The zero-order valence-corrected chi connectivity index (χ0v) is 33.2. The van der Waals surface area contributed by atoms with E-state index in [9.17, 15) is 10.2 Å². The average molecular weight is 791 g/mol. The predicted octanol–water partition coefficient (Wildman–Crippen LogP) is 5.25. The summed E-state index contributed by atoms with van der Waals surface area (Å²) in [5.74, 6) is 1.23. The molecule has 15 nitrogen and oxygen atoms in total. The lowest BCUT2D eigenvalue weighted by atomic mass is 9.93. The van der Waals surface area contributed by atoms with Crippen molar-refractivity contribution in [2.24, 2.45) is 5.92 Å². The SMILES string of the molecule is CCCCOc1nc(N)c2[nH]cc(C(O)c3ccc(CN4CC(CCCCOc5nc(N)c6[nH]cc(C(O)c7ccc(CN8CC(OC)C8)cc7)c6n5)C4)cc3)c2n1. The first-order valence-corrected chi connectivity index (χ1v) is 20.3. The summed E-state index contributed by atoms with van der Waals surface area (Å²) in [5, 5.41) is 22.6. The third-order valence-corrected chi connectivity index (χ3v) is 11.4. The Balaban J connectivity index is 0.768. The van der Waals surface area contributed by atoms with Gasteiger partial charge >= 0.3 is 12.0 Å². The molecule has 6 aromatic rings. The van der Waals surface area contributed by atoms with Crippen LogP contribution in [0.15, 0.2) is 60.9 Å². The second-order valence-corrected chi connectivity index (χ2v) is 15.7. The number of anilines is 2. The summed E-state index contributed by atoms with van der Waals surface area (Å²) in [5.41, 5.74) is 19.9. The number of aliphatic hydroxyl groups is 2. The van der Waals surface area contributed by atoms with Gasteiger partial charge in [-0.25, -0.2) is 0 Å². The van der Waals surface area contributed by atoms with Gasteiger partial charge in [0.1, 0.15) is 34.3 Å². The minimum absolute atomic E-state index is 0.215. The highest BCUT2D eigenvalue weighted by Gasteiger charge is 2.28. The fourth-order valence-corrected chi connectivity index (χ4v) is 7.88. The number of unbranched alkanes of at least 4 members (excludes halogenated alkanes) is 2.